The van der Waals surface area contributed by atoms with Crippen molar-refractivity contribution in [2.45, 2.75) is 59.1 Å². The highest BCUT2D eigenvalue weighted by molar-refractivity contribution is 8.01. The van der Waals surface area contributed by atoms with Gasteiger partial charge in [-0.1, -0.05) is 141 Å². The van der Waals surface area contributed by atoms with Crippen LogP contribution in [0.1, 0.15) is 50.7 Å². The molecule has 2 nitrogen and oxygen atoms in total. The van der Waals surface area contributed by atoms with E-state index in [1.54, 1.807) is 0 Å². The minimum absolute atomic E-state index is 0.165. The Morgan fingerprint density at radius 2 is 0.870 bits per heavy atom. The van der Waals surface area contributed by atoms with Crippen LogP contribution in [0.2, 0.25) is 0 Å². The van der Waals surface area contributed by atoms with Gasteiger partial charge in [0.05, 0.1) is 22.1 Å². The van der Waals surface area contributed by atoms with Gasteiger partial charge in [-0.05, 0) is 87.3 Å². The van der Waals surface area contributed by atoms with E-state index in [9.17, 15) is 0 Å². The number of hydrogen-bond donors (Lipinski definition) is 0. The lowest BCUT2D eigenvalue weighted by molar-refractivity contribution is 0.873. The Labute approximate surface area is 323 Å². The Kier molecular flexibility index (Phi) is 5.83. The molecule has 0 spiro atoms. The molecule has 54 heavy (non-hydrogen) atoms. The lowest BCUT2D eigenvalue weighted by Crippen LogP contribution is -2.62. The van der Waals surface area contributed by atoms with E-state index in [1.165, 1.54) is 118 Å². The standard InChI is InChI=1S/C48H34B2N2S2/c1-25(2)29-21-41-45-47-43(29)27-13-5-9-17-35(27)51(47)37-19-11-7-15-31(37)49(45)33-23-34-40(24-39(33)53-41)54-42-22-30(26(3)4)44-28-14-6-10-18-36(28)52-38-20-12-8-16-32(38)50(34)46(42)48(44)52/h5-26H,1-4H3. The molecule has 2 aromatic heterocycles. The first-order valence-corrected chi connectivity index (χ1v) is 21.0. The van der Waals surface area contributed by atoms with E-state index in [4.69, 9.17) is 0 Å². The second-order valence-corrected chi connectivity index (χ2v) is 18.5. The van der Waals surface area contributed by atoms with Crippen LogP contribution in [0.3, 0.4) is 0 Å². The van der Waals surface area contributed by atoms with Crippen LogP contribution in [0, 0.1) is 0 Å². The molecule has 254 valence electrons. The summed E-state index contributed by atoms with van der Waals surface area (Å²) in [4.78, 5) is 5.64. The lowest BCUT2D eigenvalue weighted by Gasteiger charge is -2.37. The van der Waals surface area contributed by atoms with Gasteiger partial charge in [0, 0.05) is 52.5 Å². The van der Waals surface area contributed by atoms with Crippen molar-refractivity contribution < 1.29 is 0 Å². The third kappa shape index (κ3) is 3.56. The summed E-state index contributed by atoms with van der Waals surface area (Å²) >= 11 is 4.01. The quantitative estimate of drug-likeness (QED) is 0.165. The third-order valence-electron chi connectivity index (χ3n) is 12.9. The van der Waals surface area contributed by atoms with Gasteiger partial charge in [-0.2, -0.15) is 0 Å². The molecular weight excluding hydrogens is 690 g/mol. The molecule has 0 bridgehead atoms. The van der Waals surface area contributed by atoms with Crippen LogP contribution in [0.5, 0.6) is 0 Å². The van der Waals surface area contributed by atoms with Crippen molar-refractivity contribution in [3.05, 3.63) is 132 Å². The molecule has 13 rings (SSSR count). The van der Waals surface area contributed by atoms with Crippen molar-refractivity contribution in [3.8, 4) is 11.4 Å². The fraction of sp³-hybridized carbons (Fsp3) is 0.125. The minimum Gasteiger partial charge on any atom is -0.310 e. The van der Waals surface area contributed by atoms with Crippen molar-refractivity contribution >= 4 is 113 Å². The molecular formula is C48H34B2N2S2. The zero-order valence-electron chi connectivity index (χ0n) is 30.6. The monoisotopic (exact) mass is 724 g/mol. The number of hydrogen-bond acceptors (Lipinski definition) is 2. The maximum absolute atomic E-state index is 2.65. The van der Waals surface area contributed by atoms with Crippen LogP contribution >= 0.6 is 23.5 Å². The normalized spacial score (nSPS) is 14.4. The van der Waals surface area contributed by atoms with Crippen LogP contribution in [0.15, 0.2) is 141 Å². The molecule has 6 heteroatoms. The maximum Gasteiger partial charge on any atom is 0.249 e. The summed E-state index contributed by atoms with van der Waals surface area (Å²) < 4.78 is 5.19. The molecule has 0 unspecified atom stereocenters. The fourth-order valence-electron chi connectivity index (χ4n) is 10.8. The van der Waals surface area contributed by atoms with E-state index in [0.29, 0.717) is 11.8 Å². The summed E-state index contributed by atoms with van der Waals surface area (Å²) in [5.74, 6) is 0.827. The fourth-order valence-corrected chi connectivity index (χ4v) is 13.3. The maximum atomic E-state index is 2.65. The molecule has 0 atom stereocenters. The number of rotatable bonds is 2. The molecule has 0 fully saturated rings. The molecule has 0 amide bonds. The highest BCUT2D eigenvalue weighted by Gasteiger charge is 2.45. The van der Waals surface area contributed by atoms with Crippen molar-refractivity contribution in [1.82, 2.24) is 9.13 Å². The SMILES string of the molecule is CC(C)c1cc2c3c4c1c1ccccc1n4-c1ccccc1B3c1cc3c(cc1S2)Sc1cc(C(C)C)c2c4ccccc4n4c2c1B3c1ccccc1-4. The van der Waals surface area contributed by atoms with Crippen LogP contribution in [-0.4, -0.2) is 22.6 Å². The second-order valence-electron chi connectivity index (χ2n) is 16.3. The van der Waals surface area contributed by atoms with Gasteiger partial charge in [0.1, 0.15) is 0 Å². The number of fused-ring (bicyclic) bond motifs is 16. The molecule has 7 aromatic carbocycles. The Bertz CT molecular complexity index is 2990. The van der Waals surface area contributed by atoms with Gasteiger partial charge in [0.2, 0.25) is 13.4 Å². The summed E-state index contributed by atoms with van der Waals surface area (Å²) in [6, 6.07) is 47.0. The average Bonchev–Trinajstić information content (AvgIpc) is 3.73. The summed E-state index contributed by atoms with van der Waals surface area (Å²) in [6.45, 7) is 9.78. The van der Waals surface area contributed by atoms with Crippen molar-refractivity contribution in [1.29, 1.82) is 0 Å². The van der Waals surface area contributed by atoms with E-state index in [-0.39, 0.29) is 13.4 Å². The Hall–Kier alpha value is -5.03. The Morgan fingerprint density at radius 1 is 0.444 bits per heavy atom. The molecule has 9 aromatic rings. The van der Waals surface area contributed by atoms with E-state index >= 15 is 0 Å². The topological polar surface area (TPSA) is 9.86 Å². The van der Waals surface area contributed by atoms with Crippen molar-refractivity contribution in [2.24, 2.45) is 0 Å². The summed E-state index contributed by atoms with van der Waals surface area (Å²) in [5.41, 5.74) is 19.7. The van der Waals surface area contributed by atoms with Gasteiger partial charge in [-0.15, -0.1) is 0 Å². The third-order valence-corrected chi connectivity index (χ3v) is 15.2. The van der Waals surface area contributed by atoms with Gasteiger partial charge in [0.15, 0.2) is 0 Å². The van der Waals surface area contributed by atoms with Gasteiger partial charge >= 0.3 is 0 Å². The summed E-state index contributed by atoms with van der Waals surface area (Å²) in [6.07, 6.45) is 0. The van der Waals surface area contributed by atoms with E-state index in [0.717, 1.165) is 0 Å². The minimum atomic E-state index is 0.165. The highest BCUT2D eigenvalue weighted by Crippen LogP contribution is 2.46. The number of nitrogens with zero attached hydrogens (tertiary/aromatic N) is 2. The van der Waals surface area contributed by atoms with Crippen LogP contribution < -0.4 is 32.8 Å². The zero-order chi connectivity index (χ0) is 35.7. The predicted octanol–water partition coefficient (Wildman–Crippen LogP) is 8.72. The molecule has 0 radical (unpaired) electrons. The molecule has 4 aliphatic rings. The smallest absolute Gasteiger partial charge is 0.249 e. The summed E-state index contributed by atoms with van der Waals surface area (Å²) in [5, 5.41) is 5.59. The molecule has 0 saturated heterocycles. The molecule has 4 aliphatic heterocycles. The Morgan fingerprint density at radius 3 is 1.33 bits per heavy atom. The van der Waals surface area contributed by atoms with Crippen molar-refractivity contribution in [3.63, 3.8) is 0 Å². The summed E-state index contributed by atoms with van der Waals surface area (Å²) in [7, 11) is 0. The largest absolute Gasteiger partial charge is 0.310 e. The van der Waals surface area contributed by atoms with Crippen LogP contribution in [0.4, 0.5) is 0 Å². The molecule has 6 heterocycles. The van der Waals surface area contributed by atoms with Crippen molar-refractivity contribution in [2.75, 3.05) is 0 Å². The van der Waals surface area contributed by atoms with Crippen LogP contribution in [0.25, 0.3) is 55.0 Å². The predicted molar refractivity (Wildman–Crippen MR) is 234 cm³/mol. The Balaban J connectivity index is 1.14. The first-order chi connectivity index (χ1) is 26.5. The van der Waals surface area contributed by atoms with Gasteiger partial charge < -0.3 is 9.13 Å². The molecule has 0 N–H and O–H groups in total. The van der Waals surface area contributed by atoms with Gasteiger partial charge in [-0.25, -0.2) is 0 Å². The van der Waals surface area contributed by atoms with Gasteiger partial charge in [-0.3, -0.25) is 0 Å². The first-order valence-electron chi connectivity index (χ1n) is 19.4. The molecule has 0 saturated carbocycles. The zero-order valence-corrected chi connectivity index (χ0v) is 32.2. The van der Waals surface area contributed by atoms with Crippen LogP contribution in [-0.2, 0) is 0 Å². The first kappa shape index (κ1) is 30.3. The molecule has 0 aliphatic carbocycles. The number of aromatic nitrogens is 2. The van der Waals surface area contributed by atoms with E-state index < -0.39 is 0 Å². The van der Waals surface area contributed by atoms with Gasteiger partial charge in [0.25, 0.3) is 0 Å². The lowest BCUT2D eigenvalue weighted by atomic mass is 9.32. The van der Waals surface area contributed by atoms with E-state index in [1.807, 2.05) is 23.5 Å². The average molecular weight is 725 g/mol. The highest BCUT2D eigenvalue weighted by atomic mass is 32.2. The van der Waals surface area contributed by atoms with E-state index in [2.05, 4.69) is 158 Å². The second kappa shape index (κ2) is 10.4. The number of para-hydroxylation sites is 4. The number of benzene rings is 7.